The highest BCUT2D eigenvalue weighted by molar-refractivity contribution is 6.29. The van der Waals surface area contributed by atoms with Crippen LogP contribution in [0.25, 0.3) is 22.3 Å². The van der Waals surface area contributed by atoms with Gasteiger partial charge in [0.1, 0.15) is 30.9 Å². The number of esters is 2. The minimum absolute atomic E-state index is 0.186. The van der Waals surface area contributed by atoms with Crippen LogP contribution in [0.1, 0.15) is 105 Å². The van der Waals surface area contributed by atoms with Crippen molar-refractivity contribution in [2.45, 2.75) is 98.6 Å². The first-order valence-electron chi connectivity index (χ1n) is 17.9. The van der Waals surface area contributed by atoms with Gasteiger partial charge in [0.05, 0.1) is 11.1 Å². The van der Waals surface area contributed by atoms with Crippen molar-refractivity contribution in [2.24, 2.45) is 0 Å². The molecule has 0 spiro atoms. The SMILES string of the molecule is CCCCc1c(Cl)[n+](Cc2ccc(-c3ccccc3C(=O)OC(C)(C)C)cc2)c(CO)n1Cc1ccc(-c2ccccc2C(=O)OC(C)(C)C)cc1. The Morgan fingerprint density at radius 3 is 1.62 bits per heavy atom. The van der Waals surface area contributed by atoms with Crippen LogP contribution >= 0.6 is 11.6 Å². The van der Waals surface area contributed by atoms with Crippen LogP contribution in [0.3, 0.4) is 0 Å². The number of aromatic nitrogens is 2. The number of aliphatic hydroxyl groups excluding tert-OH is 1. The van der Waals surface area contributed by atoms with Crippen molar-refractivity contribution in [3.05, 3.63) is 136 Å². The van der Waals surface area contributed by atoms with Crippen LogP contribution in [0.5, 0.6) is 0 Å². The fourth-order valence-corrected chi connectivity index (χ4v) is 6.57. The summed E-state index contributed by atoms with van der Waals surface area (Å²) in [5.41, 5.74) is 6.30. The molecule has 0 saturated carbocycles. The van der Waals surface area contributed by atoms with Crippen LogP contribution in [0, 0.1) is 0 Å². The molecule has 5 rings (SSSR count). The summed E-state index contributed by atoms with van der Waals surface area (Å²) in [6.07, 6.45) is 2.74. The summed E-state index contributed by atoms with van der Waals surface area (Å²) in [5.74, 6) is 0.00484. The molecule has 1 aromatic heterocycles. The molecule has 5 aromatic rings. The molecule has 0 radical (unpaired) electrons. The van der Waals surface area contributed by atoms with Gasteiger partial charge < -0.3 is 14.6 Å². The highest BCUT2D eigenvalue weighted by Gasteiger charge is 2.29. The largest absolute Gasteiger partial charge is 0.456 e. The number of ether oxygens (including phenoxy) is 2. The molecule has 0 fully saturated rings. The van der Waals surface area contributed by atoms with Crippen LogP contribution < -0.4 is 4.57 Å². The minimum atomic E-state index is -0.597. The van der Waals surface area contributed by atoms with E-state index in [0.717, 1.165) is 64.2 Å². The summed E-state index contributed by atoms with van der Waals surface area (Å²) in [6.45, 7) is 14.1. The highest BCUT2D eigenvalue weighted by Crippen LogP contribution is 2.29. The van der Waals surface area contributed by atoms with Crippen molar-refractivity contribution in [1.29, 1.82) is 0 Å². The lowest BCUT2D eigenvalue weighted by molar-refractivity contribution is -0.695. The van der Waals surface area contributed by atoms with Crippen molar-refractivity contribution in [1.82, 2.24) is 4.57 Å². The Kier molecular flexibility index (Phi) is 12.1. The van der Waals surface area contributed by atoms with Gasteiger partial charge in [-0.25, -0.2) is 18.7 Å². The third kappa shape index (κ3) is 9.38. The van der Waals surface area contributed by atoms with Crippen LogP contribution in [0.4, 0.5) is 0 Å². The molecular formula is C44H50ClN2O5+. The Bertz CT molecular complexity index is 2020. The summed E-state index contributed by atoms with van der Waals surface area (Å²) in [7, 11) is 0. The van der Waals surface area contributed by atoms with Crippen LogP contribution in [-0.2, 0) is 35.6 Å². The Morgan fingerprint density at radius 2 is 1.17 bits per heavy atom. The summed E-state index contributed by atoms with van der Waals surface area (Å²) in [6, 6.07) is 31.2. The zero-order valence-corrected chi connectivity index (χ0v) is 32.1. The van der Waals surface area contributed by atoms with Gasteiger partial charge in [-0.3, -0.25) is 0 Å². The van der Waals surface area contributed by atoms with Gasteiger partial charge >= 0.3 is 11.9 Å². The highest BCUT2D eigenvalue weighted by atomic mass is 35.5. The first kappa shape index (κ1) is 38.5. The van der Waals surface area contributed by atoms with E-state index in [4.69, 9.17) is 21.1 Å². The molecule has 52 heavy (non-hydrogen) atoms. The average Bonchev–Trinajstić information content (AvgIpc) is 3.34. The maximum Gasteiger partial charge on any atom is 0.339 e. The Balaban J connectivity index is 1.42. The predicted molar refractivity (Wildman–Crippen MR) is 206 cm³/mol. The average molecular weight is 722 g/mol. The number of rotatable bonds is 12. The van der Waals surface area contributed by atoms with Crippen molar-refractivity contribution in [2.75, 3.05) is 0 Å². The Labute approximate surface area is 312 Å². The van der Waals surface area contributed by atoms with Gasteiger partial charge in [0.2, 0.25) is 5.15 Å². The second-order valence-electron chi connectivity index (χ2n) is 15.1. The number of carbonyl (C=O) groups is 2. The monoisotopic (exact) mass is 721 g/mol. The summed E-state index contributed by atoms with van der Waals surface area (Å²) in [5, 5.41) is 11.4. The molecule has 0 amide bonds. The Morgan fingerprint density at radius 1 is 0.712 bits per heavy atom. The van der Waals surface area contributed by atoms with E-state index in [2.05, 4.69) is 23.6 Å². The lowest BCUT2D eigenvalue weighted by Gasteiger charge is -2.20. The van der Waals surface area contributed by atoms with E-state index in [0.29, 0.717) is 29.4 Å². The van der Waals surface area contributed by atoms with Crippen LogP contribution in [0.2, 0.25) is 5.15 Å². The lowest BCUT2D eigenvalue weighted by atomic mass is 9.98. The molecule has 0 aliphatic carbocycles. The third-order valence-electron chi connectivity index (χ3n) is 8.64. The first-order chi connectivity index (χ1) is 24.7. The number of hydrogen-bond donors (Lipinski definition) is 1. The third-order valence-corrected chi connectivity index (χ3v) is 9.06. The van der Waals surface area contributed by atoms with E-state index in [1.54, 1.807) is 12.1 Å². The molecule has 0 aliphatic rings. The smallest absolute Gasteiger partial charge is 0.339 e. The number of halogens is 1. The first-order valence-corrected chi connectivity index (χ1v) is 18.3. The molecule has 0 aliphatic heterocycles. The number of unbranched alkanes of at least 4 members (excludes halogenated alkanes) is 1. The van der Waals surface area contributed by atoms with E-state index in [-0.39, 0.29) is 18.5 Å². The van der Waals surface area contributed by atoms with Gasteiger partial charge in [-0.05, 0) is 105 Å². The summed E-state index contributed by atoms with van der Waals surface area (Å²) < 4.78 is 15.5. The van der Waals surface area contributed by atoms with Crippen molar-refractivity contribution < 1.29 is 28.7 Å². The fraction of sp³-hybridized carbons (Fsp3) is 0.341. The molecule has 1 heterocycles. The van der Waals surface area contributed by atoms with E-state index >= 15 is 0 Å². The standard InChI is InChI=1S/C44H50ClN2O5/c1-8-9-18-38-40(45)47(28-31-21-25-33(26-22-31)35-15-11-13-17-37(35)42(50)52-44(5,6)7)39(29-48)46(38)27-30-19-23-32(24-20-30)34-14-10-12-16-36(34)41(49)51-43(2,3)4/h10-17,19-26,48H,8-9,18,27-29H2,1-7H3/q+1. The lowest BCUT2D eigenvalue weighted by Crippen LogP contribution is -2.39. The Hall–Kier alpha value is -4.72. The molecule has 0 atom stereocenters. The number of benzene rings is 4. The molecule has 0 saturated heterocycles. The number of nitrogens with zero attached hydrogens (tertiary/aromatic N) is 2. The number of aliphatic hydroxyl groups is 1. The molecule has 1 N–H and O–H groups in total. The van der Waals surface area contributed by atoms with Gasteiger partial charge in [0, 0.05) is 6.42 Å². The van der Waals surface area contributed by atoms with Gasteiger partial charge in [-0.15, -0.1) is 0 Å². The fourth-order valence-electron chi connectivity index (χ4n) is 6.22. The molecule has 4 aromatic carbocycles. The van der Waals surface area contributed by atoms with Crippen LogP contribution in [0.15, 0.2) is 97.1 Å². The normalized spacial score (nSPS) is 11.8. The van der Waals surface area contributed by atoms with Gasteiger partial charge in [0.15, 0.2) is 5.69 Å². The summed E-state index contributed by atoms with van der Waals surface area (Å²) in [4.78, 5) is 26.0. The summed E-state index contributed by atoms with van der Waals surface area (Å²) >= 11 is 7.13. The molecule has 7 nitrogen and oxygen atoms in total. The number of carbonyl (C=O) groups excluding carboxylic acids is 2. The van der Waals surface area contributed by atoms with E-state index in [1.165, 1.54) is 0 Å². The van der Waals surface area contributed by atoms with E-state index in [1.807, 2.05) is 119 Å². The maximum atomic E-state index is 13.0. The number of imidazole rings is 1. The maximum absolute atomic E-state index is 13.0. The minimum Gasteiger partial charge on any atom is -0.456 e. The van der Waals surface area contributed by atoms with E-state index < -0.39 is 11.2 Å². The molecule has 0 unspecified atom stereocenters. The van der Waals surface area contributed by atoms with Crippen molar-refractivity contribution in [3.8, 4) is 22.3 Å². The molecule has 0 bridgehead atoms. The quantitative estimate of drug-likeness (QED) is 0.103. The molecular weight excluding hydrogens is 672 g/mol. The van der Waals surface area contributed by atoms with Gasteiger partial charge in [0.25, 0.3) is 5.82 Å². The second kappa shape index (κ2) is 16.3. The topological polar surface area (TPSA) is 81.6 Å². The zero-order chi connectivity index (χ0) is 37.6. The van der Waals surface area contributed by atoms with Gasteiger partial charge in [-0.2, -0.15) is 0 Å². The van der Waals surface area contributed by atoms with Crippen LogP contribution in [-0.4, -0.2) is 32.8 Å². The molecule has 272 valence electrons. The zero-order valence-electron chi connectivity index (χ0n) is 31.3. The van der Waals surface area contributed by atoms with Crippen molar-refractivity contribution >= 4 is 23.5 Å². The molecule has 8 heteroatoms. The second-order valence-corrected chi connectivity index (χ2v) is 15.4. The number of hydrogen-bond acceptors (Lipinski definition) is 5. The van der Waals surface area contributed by atoms with E-state index in [9.17, 15) is 14.7 Å². The predicted octanol–water partition coefficient (Wildman–Crippen LogP) is 9.61. The van der Waals surface area contributed by atoms with Crippen molar-refractivity contribution in [3.63, 3.8) is 0 Å². The van der Waals surface area contributed by atoms with Gasteiger partial charge in [-0.1, -0.05) is 98.3 Å².